The number of aromatic nitrogens is 3. The van der Waals surface area contributed by atoms with Crippen LogP contribution in [0.4, 0.5) is 11.6 Å². The lowest BCUT2D eigenvalue weighted by Gasteiger charge is -2.07. The maximum Gasteiger partial charge on any atom is 0.158 e. The van der Waals surface area contributed by atoms with E-state index in [1.807, 2.05) is 19.2 Å². The molecular formula is C12H17N5OS. The van der Waals surface area contributed by atoms with Crippen LogP contribution in [-0.4, -0.2) is 21.6 Å². The monoisotopic (exact) mass is 279 g/mol. The van der Waals surface area contributed by atoms with Crippen LogP contribution in [0.2, 0.25) is 0 Å². The second kappa shape index (κ2) is 6.44. The van der Waals surface area contributed by atoms with E-state index in [9.17, 15) is 0 Å². The minimum atomic E-state index is 0.367. The summed E-state index contributed by atoms with van der Waals surface area (Å²) < 4.78 is 5.28. The molecule has 0 aromatic carbocycles. The summed E-state index contributed by atoms with van der Waals surface area (Å²) in [5.41, 5.74) is 6.74. The molecule has 0 radical (unpaired) electrons. The fraction of sp³-hybridized carbons (Fsp3) is 0.417. The van der Waals surface area contributed by atoms with Crippen molar-refractivity contribution in [2.24, 2.45) is 0 Å². The zero-order valence-corrected chi connectivity index (χ0v) is 11.8. The first kappa shape index (κ1) is 13.7. The molecule has 0 aliphatic carbocycles. The van der Waals surface area contributed by atoms with Crippen LogP contribution in [0.15, 0.2) is 11.4 Å². The molecular weight excluding hydrogens is 262 g/mol. The highest BCUT2D eigenvalue weighted by molar-refractivity contribution is 7.09. The fourth-order valence-corrected chi connectivity index (χ4v) is 2.15. The van der Waals surface area contributed by atoms with Gasteiger partial charge in [0.15, 0.2) is 5.82 Å². The summed E-state index contributed by atoms with van der Waals surface area (Å²) in [6.07, 6.45) is 0. The van der Waals surface area contributed by atoms with E-state index in [1.54, 1.807) is 17.4 Å². The SMILES string of the molecule is CCOCc1nc(N)cc(NCc2csc(C)n2)n1. The van der Waals surface area contributed by atoms with Crippen LogP contribution in [-0.2, 0) is 17.9 Å². The Morgan fingerprint density at radius 1 is 1.37 bits per heavy atom. The van der Waals surface area contributed by atoms with Crippen molar-refractivity contribution in [1.82, 2.24) is 15.0 Å². The summed E-state index contributed by atoms with van der Waals surface area (Å²) in [5.74, 6) is 1.70. The van der Waals surface area contributed by atoms with Gasteiger partial charge in [-0.25, -0.2) is 15.0 Å². The summed E-state index contributed by atoms with van der Waals surface area (Å²) in [5, 5.41) is 6.26. The Balaban J connectivity index is 2.01. The van der Waals surface area contributed by atoms with Gasteiger partial charge in [-0.15, -0.1) is 11.3 Å². The summed E-state index contributed by atoms with van der Waals surface area (Å²) in [7, 11) is 0. The zero-order valence-electron chi connectivity index (χ0n) is 11.0. The average Bonchev–Trinajstić information content (AvgIpc) is 2.79. The number of nitrogens with one attached hydrogen (secondary N) is 1. The molecule has 2 aromatic heterocycles. The predicted molar refractivity (Wildman–Crippen MR) is 76.0 cm³/mol. The Morgan fingerprint density at radius 3 is 2.89 bits per heavy atom. The largest absolute Gasteiger partial charge is 0.384 e. The molecule has 0 unspecified atom stereocenters. The number of rotatable bonds is 6. The first-order chi connectivity index (χ1) is 9.17. The third-order valence-corrected chi connectivity index (χ3v) is 3.17. The fourth-order valence-electron chi connectivity index (χ4n) is 1.54. The van der Waals surface area contributed by atoms with Crippen molar-refractivity contribution >= 4 is 23.0 Å². The van der Waals surface area contributed by atoms with Crippen LogP contribution in [0.5, 0.6) is 0 Å². The lowest BCUT2D eigenvalue weighted by atomic mass is 10.4. The number of nitrogen functional groups attached to an aromatic ring is 1. The number of hydrogen-bond acceptors (Lipinski definition) is 7. The number of nitrogens with zero attached hydrogens (tertiary/aromatic N) is 3. The van der Waals surface area contributed by atoms with Crippen LogP contribution in [0.25, 0.3) is 0 Å². The lowest BCUT2D eigenvalue weighted by molar-refractivity contribution is 0.128. The van der Waals surface area contributed by atoms with Crippen LogP contribution in [0.1, 0.15) is 23.4 Å². The van der Waals surface area contributed by atoms with Crippen molar-refractivity contribution < 1.29 is 4.74 Å². The molecule has 0 amide bonds. The minimum Gasteiger partial charge on any atom is -0.384 e. The van der Waals surface area contributed by atoms with E-state index < -0.39 is 0 Å². The number of ether oxygens (including phenoxy) is 1. The minimum absolute atomic E-state index is 0.367. The Hall–Kier alpha value is -1.73. The van der Waals surface area contributed by atoms with Gasteiger partial charge in [-0.2, -0.15) is 0 Å². The second-order valence-electron chi connectivity index (χ2n) is 3.94. The first-order valence-corrected chi connectivity index (χ1v) is 6.91. The molecule has 0 atom stereocenters. The van der Waals surface area contributed by atoms with Crippen molar-refractivity contribution in [2.45, 2.75) is 27.0 Å². The highest BCUT2D eigenvalue weighted by atomic mass is 32.1. The predicted octanol–water partition coefficient (Wildman–Crippen LogP) is 1.97. The van der Waals surface area contributed by atoms with Gasteiger partial charge in [0.2, 0.25) is 0 Å². The molecule has 0 aliphatic heterocycles. The molecule has 6 nitrogen and oxygen atoms in total. The Kier molecular flexibility index (Phi) is 4.64. The zero-order chi connectivity index (χ0) is 13.7. The van der Waals surface area contributed by atoms with Gasteiger partial charge in [0, 0.05) is 18.1 Å². The van der Waals surface area contributed by atoms with E-state index >= 15 is 0 Å². The summed E-state index contributed by atoms with van der Waals surface area (Å²) in [4.78, 5) is 12.8. The van der Waals surface area contributed by atoms with Crippen LogP contribution < -0.4 is 11.1 Å². The molecule has 0 spiro atoms. The molecule has 0 saturated heterocycles. The van der Waals surface area contributed by atoms with Crippen molar-refractivity contribution in [3.63, 3.8) is 0 Å². The quantitative estimate of drug-likeness (QED) is 0.841. The van der Waals surface area contributed by atoms with Crippen molar-refractivity contribution in [1.29, 1.82) is 0 Å². The molecule has 19 heavy (non-hydrogen) atoms. The van der Waals surface area contributed by atoms with E-state index in [1.165, 1.54) is 0 Å². The van der Waals surface area contributed by atoms with Crippen LogP contribution >= 0.6 is 11.3 Å². The molecule has 2 aromatic rings. The van der Waals surface area contributed by atoms with Crippen molar-refractivity contribution in [2.75, 3.05) is 17.7 Å². The van der Waals surface area contributed by atoms with Gasteiger partial charge in [0.05, 0.1) is 17.2 Å². The number of anilines is 2. The molecule has 2 heterocycles. The van der Waals surface area contributed by atoms with Gasteiger partial charge >= 0.3 is 0 Å². The maximum absolute atomic E-state index is 5.74. The molecule has 0 saturated carbocycles. The third kappa shape index (κ3) is 4.15. The smallest absolute Gasteiger partial charge is 0.158 e. The molecule has 0 aliphatic rings. The van der Waals surface area contributed by atoms with E-state index in [0.29, 0.717) is 37.2 Å². The topological polar surface area (TPSA) is 86.0 Å². The van der Waals surface area contributed by atoms with Gasteiger partial charge in [-0.05, 0) is 13.8 Å². The van der Waals surface area contributed by atoms with Crippen molar-refractivity contribution in [3.8, 4) is 0 Å². The van der Waals surface area contributed by atoms with E-state index in [4.69, 9.17) is 10.5 Å². The van der Waals surface area contributed by atoms with E-state index in [-0.39, 0.29) is 0 Å². The summed E-state index contributed by atoms with van der Waals surface area (Å²) in [6.45, 7) is 5.52. The number of thiazole rings is 1. The van der Waals surface area contributed by atoms with Gasteiger partial charge < -0.3 is 15.8 Å². The molecule has 102 valence electrons. The Morgan fingerprint density at radius 2 is 2.21 bits per heavy atom. The Bertz CT molecular complexity index is 543. The average molecular weight is 279 g/mol. The second-order valence-corrected chi connectivity index (χ2v) is 5.01. The molecule has 0 fully saturated rings. The molecule has 0 bridgehead atoms. The van der Waals surface area contributed by atoms with Gasteiger partial charge in [-0.3, -0.25) is 0 Å². The van der Waals surface area contributed by atoms with Crippen molar-refractivity contribution in [3.05, 3.63) is 28.0 Å². The third-order valence-electron chi connectivity index (χ3n) is 2.34. The van der Waals surface area contributed by atoms with Gasteiger partial charge in [0.25, 0.3) is 0 Å². The highest BCUT2D eigenvalue weighted by Crippen LogP contribution is 2.12. The van der Waals surface area contributed by atoms with Crippen LogP contribution in [0.3, 0.4) is 0 Å². The lowest BCUT2D eigenvalue weighted by Crippen LogP contribution is -2.08. The summed E-state index contributed by atoms with van der Waals surface area (Å²) >= 11 is 1.63. The van der Waals surface area contributed by atoms with Gasteiger partial charge in [0.1, 0.15) is 18.2 Å². The standard InChI is InChI=1S/C12H17N5OS/c1-3-18-6-12-16-10(13)4-11(17-12)14-5-9-7-19-8(2)15-9/h4,7H,3,5-6H2,1-2H3,(H3,13,14,16,17). The van der Waals surface area contributed by atoms with E-state index in [0.717, 1.165) is 10.7 Å². The van der Waals surface area contributed by atoms with Gasteiger partial charge in [-0.1, -0.05) is 0 Å². The molecule has 2 rings (SSSR count). The van der Waals surface area contributed by atoms with Crippen LogP contribution in [0, 0.1) is 6.92 Å². The number of nitrogens with two attached hydrogens (primary N) is 1. The maximum atomic E-state index is 5.74. The number of hydrogen-bond donors (Lipinski definition) is 2. The first-order valence-electron chi connectivity index (χ1n) is 6.03. The summed E-state index contributed by atoms with van der Waals surface area (Å²) in [6, 6.07) is 1.70. The van der Waals surface area contributed by atoms with E-state index in [2.05, 4.69) is 20.3 Å². The molecule has 7 heteroatoms. The Labute approximate surface area is 116 Å². The normalized spacial score (nSPS) is 10.6. The number of aryl methyl sites for hydroxylation is 1. The molecule has 3 N–H and O–H groups in total. The highest BCUT2D eigenvalue weighted by Gasteiger charge is 2.04.